The average molecular weight is 314 g/mol. The molecule has 0 fully saturated rings. The van der Waals surface area contributed by atoms with E-state index >= 15 is 0 Å². The van der Waals surface area contributed by atoms with Gasteiger partial charge in [0.1, 0.15) is 5.75 Å². The first kappa shape index (κ1) is 17.3. The van der Waals surface area contributed by atoms with Crippen molar-refractivity contribution in [2.75, 3.05) is 6.61 Å². The van der Waals surface area contributed by atoms with Gasteiger partial charge in [-0.2, -0.15) is 0 Å². The van der Waals surface area contributed by atoms with Gasteiger partial charge < -0.3 is 15.2 Å². The van der Waals surface area contributed by atoms with Gasteiger partial charge in [0, 0.05) is 6.04 Å². The molecule has 2 N–H and O–H groups in total. The van der Waals surface area contributed by atoms with E-state index in [0.29, 0.717) is 10.8 Å². The molecule has 0 spiro atoms. The summed E-state index contributed by atoms with van der Waals surface area (Å²) < 4.78 is 5.42. The summed E-state index contributed by atoms with van der Waals surface area (Å²) in [6.45, 7) is 3.93. The lowest BCUT2D eigenvalue weighted by Crippen LogP contribution is -2.40. The summed E-state index contributed by atoms with van der Waals surface area (Å²) in [7, 11) is 0. The molecule has 5 nitrogen and oxygen atoms in total. The van der Waals surface area contributed by atoms with Crippen molar-refractivity contribution in [1.29, 1.82) is 0 Å². The van der Waals surface area contributed by atoms with Crippen LogP contribution in [0.2, 0.25) is 5.02 Å². The van der Waals surface area contributed by atoms with E-state index in [4.69, 9.17) is 21.4 Å². The molecule has 21 heavy (non-hydrogen) atoms. The van der Waals surface area contributed by atoms with Crippen molar-refractivity contribution in [3.63, 3.8) is 0 Å². The monoisotopic (exact) mass is 313 g/mol. The number of amides is 1. The summed E-state index contributed by atoms with van der Waals surface area (Å²) in [6, 6.07) is 6.64. The number of para-hydroxylation sites is 1. The second kappa shape index (κ2) is 8.52. The van der Waals surface area contributed by atoms with Crippen molar-refractivity contribution in [3.8, 4) is 5.75 Å². The zero-order chi connectivity index (χ0) is 15.8. The van der Waals surface area contributed by atoms with Crippen LogP contribution >= 0.6 is 11.6 Å². The summed E-state index contributed by atoms with van der Waals surface area (Å²) in [5.74, 6) is -0.587. The molecule has 1 aromatic rings. The Morgan fingerprint density at radius 1 is 1.33 bits per heavy atom. The molecule has 1 unspecified atom stereocenters. The third kappa shape index (κ3) is 6.49. The number of carbonyl (C=O) groups is 2. The molecule has 0 saturated heterocycles. The topological polar surface area (TPSA) is 75.6 Å². The first-order valence-electron chi connectivity index (χ1n) is 6.78. The molecule has 1 amide bonds. The van der Waals surface area contributed by atoms with Gasteiger partial charge in [0.05, 0.1) is 24.5 Å². The first-order chi connectivity index (χ1) is 9.90. The number of carbonyl (C=O) groups excluding carboxylic acids is 1. The third-order valence-electron chi connectivity index (χ3n) is 2.97. The van der Waals surface area contributed by atoms with E-state index in [1.807, 2.05) is 13.8 Å². The Bertz CT molecular complexity index is 490. The minimum atomic E-state index is -0.929. The number of hydrogen-bond donors (Lipinski definition) is 2. The quantitative estimate of drug-likeness (QED) is 0.773. The minimum Gasteiger partial charge on any atom is -0.491 e. The highest BCUT2D eigenvalue weighted by Gasteiger charge is 2.19. The van der Waals surface area contributed by atoms with Crippen LogP contribution in [0.5, 0.6) is 5.75 Å². The number of hydrogen-bond acceptors (Lipinski definition) is 3. The normalized spacial score (nSPS) is 12.0. The molecule has 0 bridgehead atoms. The van der Waals surface area contributed by atoms with Crippen LogP contribution in [0, 0.1) is 5.92 Å². The molecule has 1 aromatic carbocycles. The first-order valence-corrected chi connectivity index (χ1v) is 7.16. The highest BCUT2D eigenvalue weighted by molar-refractivity contribution is 6.32. The maximum Gasteiger partial charge on any atom is 0.305 e. The van der Waals surface area contributed by atoms with Gasteiger partial charge in [-0.25, -0.2) is 0 Å². The van der Waals surface area contributed by atoms with E-state index < -0.39 is 5.97 Å². The van der Waals surface area contributed by atoms with E-state index in [1.54, 1.807) is 24.3 Å². The van der Waals surface area contributed by atoms with Crippen LogP contribution in [0.15, 0.2) is 24.3 Å². The van der Waals surface area contributed by atoms with E-state index in [2.05, 4.69) is 5.32 Å². The number of ether oxygens (including phenoxy) is 1. The smallest absolute Gasteiger partial charge is 0.305 e. The van der Waals surface area contributed by atoms with Crippen molar-refractivity contribution in [2.24, 2.45) is 5.92 Å². The molecular weight excluding hydrogens is 294 g/mol. The summed E-state index contributed by atoms with van der Waals surface area (Å²) in [5.41, 5.74) is 0. The molecule has 116 valence electrons. The van der Waals surface area contributed by atoms with Crippen molar-refractivity contribution in [1.82, 2.24) is 5.32 Å². The summed E-state index contributed by atoms with van der Waals surface area (Å²) in [6.07, 6.45) is 0.0584. The van der Waals surface area contributed by atoms with Gasteiger partial charge >= 0.3 is 5.97 Å². The number of halogens is 1. The maximum atomic E-state index is 11.8. The highest BCUT2D eigenvalue weighted by atomic mass is 35.5. The van der Waals surface area contributed by atoms with Crippen molar-refractivity contribution in [2.45, 2.75) is 32.7 Å². The molecule has 0 radical (unpaired) electrons. The number of rotatable bonds is 8. The molecule has 0 aromatic heterocycles. The fourth-order valence-electron chi connectivity index (χ4n) is 1.74. The summed E-state index contributed by atoms with van der Waals surface area (Å²) >= 11 is 5.93. The molecule has 1 rings (SSSR count). The Morgan fingerprint density at radius 3 is 2.57 bits per heavy atom. The lowest BCUT2D eigenvalue weighted by molar-refractivity contribution is -0.138. The molecule has 0 aliphatic heterocycles. The number of carboxylic acid groups (broad SMARTS) is 1. The Labute approximate surface area is 129 Å². The van der Waals surface area contributed by atoms with E-state index in [-0.39, 0.29) is 37.3 Å². The van der Waals surface area contributed by atoms with Crippen molar-refractivity contribution in [3.05, 3.63) is 29.3 Å². The largest absolute Gasteiger partial charge is 0.491 e. The van der Waals surface area contributed by atoms with Crippen LogP contribution in [-0.4, -0.2) is 29.6 Å². The van der Waals surface area contributed by atoms with Crippen LogP contribution in [0.25, 0.3) is 0 Å². The summed E-state index contributed by atoms with van der Waals surface area (Å²) in [5, 5.41) is 12.0. The predicted octanol–water partition coefficient (Wildman–Crippen LogP) is 2.72. The van der Waals surface area contributed by atoms with Crippen molar-refractivity contribution < 1.29 is 19.4 Å². The molecule has 6 heteroatoms. The van der Waals surface area contributed by atoms with Gasteiger partial charge in [-0.3, -0.25) is 9.59 Å². The zero-order valence-electron chi connectivity index (χ0n) is 12.1. The van der Waals surface area contributed by atoms with E-state index in [1.165, 1.54) is 0 Å². The SMILES string of the molecule is CC(C)C(CC(=O)O)NC(=O)CCOc1ccccc1Cl. The molecule has 1 atom stereocenters. The number of carboxylic acids is 1. The van der Waals surface area contributed by atoms with Gasteiger partial charge in [0.2, 0.25) is 5.91 Å². The molecule has 0 aliphatic rings. The number of aliphatic carboxylic acids is 1. The van der Waals surface area contributed by atoms with Crippen LogP contribution in [0.4, 0.5) is 0 Å². The zero-order valence-corrected chi connectivity index (χ0v) is 12.9. The molecule has 0 heterocycles. The Morgan fingerprint density at radius 2 is 2.00 bits per heavy atom. The molecule has 0 saturated carbocycles. The van der Waals surface area contributed by atoms with Crippen LogP contribution in [0.1, 0.15) is 26.7 Å². The van der Waals surface area contributed by atoms with E-state index in [0.717, 1.165) is 0 Å². The highest BCUT2D eigenvalue weighted by Crippen LogP contribution is 2.23. The van der Waals surface area contributed by atoms with Crippen molar-refractivity contribution >= 4 is 23.5 Å². The average Bonchev–Trinajstić information content (AvgIpc) is 2.39. The molecular formula is C15H20ClNO4. The molecule has 0 aliphatic carbocycles. The van der Waals surface area contributed by atoms with Gasteiger partial charge in [0.25, 0.3) is 0 Å². The Kier molecular flexibility index (Phi) is 7.02. The lowest BCUT2D eigenvalue weighted by atomic mass is 10.0. The lowest BCUT2D eigenvalue weighted by Gasteiger charge is -2.20. The van der Waals surface area contributed by atoms with E-state index in [9.17, 15) is 9.59 Å². The fraction of sp³-hybridized carbons (Fsp3) is 0.467. The Hall–Kier alpha value is -1.75. The van der Waals surface area contributed by atoms with Crippen LogP contribution < -0.4 is 10.1 Å². The predicted molar refractivity (Wildman–Crippen MR) is 80.6 cm³/mol. The third-order valence-corrected chi connectivity index (χ3v) is 3.28. The van der Waals surface area contributed by atoms with Gasteiger partial charge in [-0.15, -0.1) is 0 Å². The number of benzene rings is 1. The Balaban J connectivity index is 2.39. The fourth-order valence-corrected chi connectivity index (χ4v) is 1.93. The standard InChI is InChI=1S/C15H20ClNO4/c1-10(2)12(9-15(19)20)17-14(18)7-8-21-13-6-4-3-5-11(13)16/h3-6,10,12H,7-9H2,1-2H3,(H,17,18)(H,19,20). The van der Waals surface area contributed by atoms with Gasteiger partial charge in [-0.05, 0) is 18.1 Å². The summed E-state index contributed by atoms with van der Waals surface area (Å²) in [4.78, 5) is 22.5. The van der Waals surface area contributed by atoms with Crippen LogP contribution in [0.3, 0.4) is 0 Å². The number of nitrogens with one attached hydrogen (secondary N) is 1. The maximum absolute atomic E-state index is 11.8. The van der Waals surface area contributed by atoms with Crippen LogP contribution in [-0.2, 0) is 9.59 Å². The second-order valence-corrected chi connectivity index (χ2v) is 5.45. The minimum absolute atomic E-state index is 0.0505. The van der Waals surface area contributed by atoms with Gasteiger partial charge in [0.15, 0.2) is 0 Å². The second-order valence-electron chi connectivity index (χ2n) is 5.04. The van der Waals surface area contributed by atoms with Gasteiger partial charge in [-0.1, -0.05) is 37.6 Å².